The summed E-state index contributed by atoms with van der Waals surface area (Å²) in [5.74, 6) is 0.386. The number of methoxy groups -OCH3 is 1. The van der Waals surface area contributed by atoms with Crippen molar-refractivity contribution in [1.82, 2.24) is 0 Å². The smallest absolute Gasteiger partial charge is 0.335 e. The van der Waals surface area contributed by atoms with Crippen molar-refractivity contribution in [3.8, 4) is 5.75 Å². The third-order valence-electron chi connectivity index (χ3n) is 2.53. The van der Waals surface area contributed by atoms with Gasteiger partial charge in [-0.1, -0.05) is 0 Å². The highest BCUT2D eigenvalue weighted by Crippen LogP contribution is 2.26. The molecule has 0 amide bonds. The van der Waals surface area contributed by atoms with Crippen molar-refractivity contribution in [2.24, 2.45) is 0 Å². The standard InChI is InChI=1S/C13H12INO4/c1-18-11-4-2-8(13(16)17)6-10(11)15-7-9-3-5-12(14)19-9/h2-6,15H,7H2,1H3,(H,16,17). The SMILES string of the molecule is COc1ccc(C(=O)O)cc1NCc1ccc(I)o1. The fourth-order valence-corrected chi connectivity index (χ4v) is 2.07. The van der Waals surface area contributed by atoms with Crippen molar-refractivity contribution < 1.29 is 19.1 Å². The van der Waals surface area contributed by atoms with Crippen molar-refractivity contribution in [3.63, 3.8) is 0 Å². The van der Waals surface area contributed by atoms with E-state index in [9.17, 15) is 4.79 Å². The lowest BCUT2D eigenvalue weighted by molar-refractivity contribution is 0.0697. The summed E-state index contributed by atoms with van der Waals surface area (Å²) in [7, 11) is 1.54. The number of carboxylic acid groups (broad SMARTS) is 1. The number of rotatable bonds is 5. The van der Waals surface area contributed by atoms with E-state index in [0.29, 0.717) is 18.0 Å². The predicted octanol–water partition coefficient (Wildman–Crippen LogP) is 3.20. The molecule has 0 bridgehead atoms. The van der Waals surface area contributed by atoms with Crippen LogP contribution in [0.3, 0.4) is 0 Å². The van der Waals surface area contributed by atoms with Crippen LogP contribution in [-0.4, -0.2) is 18.2 Å². The Kier molecular flexibility index (Phi) is 4.31. The van der Waals surface area contributed by atoms with Gasteiger partial charge in [0.25, 0.3) is 0 Å². The lowest BCUT2D eigenvalue weighted by Crippen LogP contribution is -2.03. The second-order valence-corrected chi connectivity index (χ2v) is 4.84. The largest absolute Gasteiger partial charge is 0.495 e. The topological polar surface area (TPSA) is 71.7 Å². The van der Waals surface area contributed by atoms with E-state index in [1.165, 1.54) is 19.2 Å². The highest BCUT2D eigenvalue weighted by atomic mass is 127. The minimum atomic E-state index is -0.974. The molecule has 0 saturated heterocycles. The Balaban J connectivity index is 2.17. The molecule has 0 aliphatic rings. The molecular formula is C13H12INO4. The van der Waals surface area contributed by atoms with E-state index in [-0.39, 0.29) is 5.56 Å². The number of furan rings is 1. The molecule has 2 aromatic rings. The Morgan fingerprint density at radius 3 is 2.79 bits per heavy atom. The maximum atomic E-state index is 10.9. The van der Waals surface area contributed by atoms with Crippen LogP contribution in [0.5, 0.6) is 5.75 Å². The number of anilines is 1. The Morgan fingerprint density at radius 2 is 2.21 bits per heavy atom. The zero-order valence-electron chi connectivity index (χ0n) is 10.1. The molecule has 6 heteroatoms. The van der Waals surface area contributed by atoms with E-state index >= 15 is 0 Å². The van der Waals surface area contributed by atoms with Gasteiger partial charge in [-0.25, -0.2) is 4.79 Å². The van der Waals surface area contributed by atoms with E-state index in [2.05, 4.69) is 27.9 Å². The minimum Gasteiger partial charge on any atom is -0.495 e. The molecule has 19 heavy (non-hydrogen) atoms. The summed E-state index contributed by atoms with van der Waals surface area (Å²) in [5.41, 5.74) is 0.825. The first kappa shape index (κ1) is 13.7. The van der Waals surface area contributed by atoms with Gasteiger partial charge in [0, 0.05) is 0 Å². The Labute approximate surface area is 123 Å². The Bertz CT molecular complexity index is 594. The summed E-state index contributed by atoms with van der Waals surface area (Å²) >= 11 is 2.09. The molecule has 1 heterocycles. The van der Waals surface area contributed by atoms with E-state index in [4.69, 9.17) is 14.3 Å². The molecule has 0 aliphatic heterocycles. The first-order chi connectivity index (χ1) is 9.10. The Hall–Kier alpha value is -1.70. The monoisotopic (exact) mass is 373 g/mol. The van der Waals surface area contributed by atoms with Gasteiger partial charge >= 0.3 is 5.97 Å². The molecule has 0 fully saturated rings. The van der Waals surface area contributed by atoms with Crippen LogP contribution < -0.4 is 10.1 Å². The third-order valence-corrected chi connectivity index (χ3v) is 3.11. The summed E-state index contributed by atoms with van der Waals surface area (Å²) < 4.78 is 11.4. The van der Waals surface area contributed by atoms with Gasteiger partial charge < -0.3 is 19.6 Å². The molecular weight excluding hydrogens is 361 g/mol. The summed E-state index contributed by atoms with van der Waals surface area (Å²) in [6, 6.07) is 8.39. The molecule has 2 rings (SSSR count). The summed E-state index contributed by atoms with van der Waals surface area (Å²) in [4.78, 5) is 10.9. The molecule has 5 nitrogen and oxygen atoms in total. The fraction of sp³-hybridized carbons (Fsp3) is 0.154. The maximum absolute atomic E-state index is 10.9. The van der Waals surface area contributed by atoms with Crippen LogP contribution in [0.1, 0.15) is 16.1 Å². The summed E-state index contributed by atoms with van der Waals surface area (Å²) in [6.45, 7) is 0.461. The molecule has 0 radical (unpaired) electrons. The summed E-state index contributed by atoms with van der Waals surface area (Å²) in [5, 5.41) is 12.1. The van der Waals surface area contributed by atoms with Gasteiger partial charge in [-0.15, -0.1) is 0 Å². The second kappa shape index (κ2) is 5.96. The van der Waals surface area contributed by atoms with Crippen LogP contribution in [0.4, 0.5) is 5.69 Å². The van der Waals surface area contributed by atoms with Crippen LogP contribution in [0.15, 0.2) is 34.7 Å². The van der Waals surface area contributed by atoms with Crippen molar-refractivity contribution in [2.75, 3.05) is 12.4 Å². The molecule has 1 aromatic heterocycles. The third kappa shape index (κ3) is 3.40. The Morgan fingerprint density at radius 1 is 1.42 bits per heavy atom. The number of carboxylic acids is 1. The number of ether oxygens (including phenoxy) is 1. The lowest BCUT2D eigenvalue weighted by Gasteiger charge is -2.10. The van der Waals surface area contributed by atoms with Crippen LogP contribution in [0.2, 0.25) is 0 Å². The zero-order chi connectivity index (χ0) is 13.8. The van der Waals surface area contributed by atoms with Crippen molar-refractivity contribution in [1.29, 1.82) is 0 Å². The number of halogens is 1. The van der Waals surface area contributed by atoms with E-state index in [1.807, 2.05) is 12.1 Å². The van der Waals surface area contributed by atoms with Crippen molar-refractivity contribution >= 4 is 34.2 Å². The molecule has 0 atom stereocenters. The van der Waals surface area contributed by atoms with Crippen LogP contribution in [0, 0.1) is 3.77 Å². The van der Waals surface area contributed by atoms with Crippen LogP contribution >= 0.6 is 22.6 Å². The van der Waals surface area contributed by atoms with Gasteiger partial charge in [-0.05, 0) is 52.9 Å². The first-order valence-electron chi connectivity index (χ1n) is 5.49. The first-order valence-corrected chi connectivity index (χ1v) is 6.57. The van der Waals surface area contributed by atoms with Gasteiger partial charge in [-0.3, -0.25) is 0 Å². The average molecular weight is 373 g/mol. The van der Waals surface area contributed by atoms with Crippen LogP contribution in [0.25, 0.3) is 0 Å². The fourth-order valence-electron chi connectivity index (χ4n) is 1.61. The molecule has 0 aliphatic carbocycles. The number of benzene rings is 1. The summed E-state index contributed by atoms with van der Waals surface area (Å²) in [6.07, 6.45) is 0. The highest BCUT2D eigenvalue weighted by molar-refractivity contribution is 14.1. The molecule has 0 saturated carbocycles. The van der Waals surface area contributed by atoms with E-state index < -0.39 is 5.97 Å². The van der Waals surface area contributed by atoms with E-state index in [1.54, 1.807) is 6.07 Å². The van der Waals surface area contributed by atoms with Gasteiger partial charge in [0.15, 0.2) is 3.77 Å². The number of carbonyl (C=O) groups is 1. The quantitative estimate of drug-likeness (QED) is 0.788. The number of hydrogen-bond acceptors (Lipinski definition) is 4. The number of nitrogens with one attached hydrogen (secondary N) is 1. The maximum Gasteiger partial charge on any atom is 0.335 e. The van der Waals surface area contributed by atoms with Gasteiger partial charge in [0.2, 0.25) is 0 Å². The number of aromatic carboxylic acids is 1. The minimum absolute atomic E-state index is 0.206. The van der Waals surface area contributed by atoms with E-state index in [0.717, 1.165) is 9.53 Å². The zero-order valence-corrected chi connectivity index (χ0v) is 12.3. The predicted molar refractivity (Wildman–Crippen MR) is 78.7 cm³/mol. The van der Waals surface area contributed by atoms with Crippen molar-refractivity contribution in [3.05, 3.63) is 45.4 Å². The second-order valence-electron chi connectivity index (χ2n) is 3.78. The molecule has 0 unspecified atom stereocenters. The molecule has 100 valence electrons. The van der Waals surface area contributed by atoms with Gasteiger partial charge in [-0.2, -0.15) is 0 Å². The molecule has 2 N–H and O–H groups in total. The normalized spacial score (nSPS) is 10.2. The molecule has 0 spiro atoms. The molecule has 1 aromatic carbocycles. The van der Waals surface area contributed by atoms with Crippen molar-refractivity contribution in [2.45, 2.75) is 6.54 Å². The van der Waals surface area contributed by atoms with Gasteiger partial charge in [0.1, 0.15) is 11.5 Å². The van der Waals surface area contributed by atoms with Crippen LogP contribution in [-0.2, 0) is 6.54 Å². The average Bonchev–Trinajstić information content (AvgIpc) is 2.81. The number of hydrogen-bond donors (Lipinski definition) is 2. The highest BCUT2D eigenvalue weighted by Gasteiger charge is 2.09. The van der Waals surface area contributed by atoms with Gasteiger partial charge in [0.05, 0.1) is 24.9 Å². The lowest BCUT2D eigenvalue weighted by atomic mass is 10.2.